The maximum atomic E-state index is 11.7. The van der Waals surface area contributed by atoms with Crippen LogP contribution >= 0.6 is 0 Å². The van der Waals surface area contributed by atoms with Gasteiger partial charge in [0.15, 0.2) is 11.5 Å². The Hall–Kier alpha value is -6.19. The first-order chi connectivity index (χ1) is 22.9. The normalized spacial score (nSPS) is 13.4. The van der Waals surface area contributed by atoms with Crippen molar-refractivity contribution < 1.29 is 4.79 Å². The van der Waals surface area contributed by atoms with Crippen LogP contribution in [-0.4, -0.2) is 66.5 Å². The van der Waals surface area contributed by atoms with Gasteiger partial charge < -0.3 is 16.0 Å². The molecular formula is C35H31N11O. The van der Waals surface area contributed by atoms with Crippen molar-refractivity contribution in [3.63, 3.8) is 0 Å². The zero-order valence-corrected chi connectivity index (χ0v) is 25.7. The van der Waals surface area contributed by atoms with Crippen LogP contribution in [0.3, 0.4) is 0 Å². The first kappa shape index (κ1) is 29.5. The number of anilines is 3. The highest BCUT2D eigenvalue weighted by Gasteiger charge is 2.21. The van der Waals surface area contributed by atoms with Crippen molar-refractivity contribution in [2.75, 3.05) is 42.1 Å². The molecule has 1 aliphatic rings. The van der Waals surface area contributed by atoms with Gasteiger partial charge in [-0.1, -0.05) is 24.3 Å². The Balaban J connectivity index is 1.17. The minimum atomic E-state index is -0.133. The summed E-state index contributed by atoms with van der Waals surface area (Å²) in [6.45, 7) is 5.81. The van der Waals surface area contributed by atoms with E-state index in [9.17, 15) is 4.79 Å². The van der Waals surface area contributed by atoms with Crippen LogP contribution in [0.5, 0.6) is 0 Å². The van der Waals surface area contributed by atoms with Crippen LogP contribution in [0.2, 0.25) is 0 Å². The third kappa shape index (κ3) is 6.20. The van der Waals surface area contributed by atoms with Gasteiger partial charge in [-0.3, -0.25) is 14.3 Å². The van der Waals surface area contributed by atoms with Crippen LogP contribution < -0.4 is 16.0 Å². The van der Waals surface area contributed by atoms with Crippen molar-refractivity contribution in [1.29, 1.82) is 5.26 Å². The Morgan fingerprint density at radius 1 is 0.915 bits per heavy atom. The number of aromatic nitrogens is 6. The monoisotopic (exact) mass is 621 g/mol. The highest BCUT2D eigenvalue weighted by atomic mass is 16.1. The van der Waals surface area contributed by atoms with E-state index >= 15 is 0 Å². The van der Waals surface area contributed by atoms with Gasteiger partial charge in [0.25, 0.3) is 0 Å². The molecule has 0 aliphatic carbocycles. The Kier molecular flexibility index (Phi) is 7.95. The van der Waals surface area contributed by atoms with E-state index in [1.54, 1.807) is 18.6 Å². The average Bonchev–Trinajstić information content (AvgIpc) is 3.48. The molecule has 0 spiro atoms. The van der Waals surface area contributed by atoms with Gasteiger partial charge in [-0.25, -0.2) is 24.9 Å². The third-order valence-electron chi connectivity index (χ3n) is 8.14. The number of pyridine rings is 2. The number of nitriles is 1. The lowest BCUT2D eigenvalue weighted by molar-refractivity contribution is -0.114. The number of hydrogen-bond donors (Lipinski definition) is 2. The Morgan fingerprint density at radius 3 is 2.43 bits per heavy atom. The highest BCUT2D eigenvalue weighted by Crippen LogP contribution is 2.32. The van der Waals surface area contributed by atoms with Crippen LogP contribution in [0.1, 0.15) is 18.3 Å². The molecule has 0 atom stereocenters. The van der Waals surface area contributed by atoms with Gasteiger partial charge in [0.2, 0.25) is 11.7 Å². The molecule has 0 saturated carbocycles. The number of nitrogens with two attached hydrogens (primary N) is 1. The molecule has 0 bridgehead atoms. The standard InChI is InChI=1S/C35H31N11O/c1-23(47)41-26-5-2-4-25(18-26)30-11-12-31-35(42-30)46(34(43-31)29-6-3-13-38-33(29)37)27-9-7-24(8-10-27)22-44-14-16-45(17-15-44)28-20-39-32(19-36)40-21-28/h2-13,18,20-21H,14-17,22H2,1H3,(H2,37,38)(H,41,47). The number of carbonyl (C=O) groups excluding carboxylic acids is 1. The van der Waals surface area contributed by atoms with Crippen LogP contribution in [0.25, 0.3) is 39.5 Å². The first-order valence-electron chi connectivity index (χ1n) is 15.2. The zero-order chi connectivity index (χ0) is 32.3. The molecule has 12 nitrogen and oxygen atoms in total. The second-order valence-electron chi connectivity index (χ2n) is 11.3. The van der Waals surface area contributed by atoms with Crippen molar-refractivity contribution in [3.05, 3.63) is 103 Å². The number of piperazine rings is 1. The summed E-state index contributed by atoms with van der Waals surface area (Å²) in [5, 5.41) is 11.8. The summed E-state index contributed by atoms with van der Waals surface area (Å²) < 4.78 is 2.02. The number of rotatable bonds is 7. The van der Waals surface area contributed by atoms with Crippen LogP contribution in [0.15, 0.2) is 91.4 Å². The summed E-state index contributed by atoms with van der Waals surface area (Å²) in [6, 6.07) is 25.7. The number of benzene rings is 2. The molecule has 2 aromatic carbocycles. The largest absolute Gasteiger partial charge is 0.383 e. The first-order valence-corrected chi connectivity index (χ1v) is 15.2. The Bertz CT molecular complexity index is 2110. The number of amides is 1. The minimum Gasteiger partial charge on any atom is -0.383 e. The van der Waals surface area contributed by atoms with E-state index in [-0.39, 0.29) is 11.7 Å². The average molecular weight is 622 g/mol. The van der Waals surface area contributed by atoms with Crippen molar-refractivity contribution in [2.24, 2.45) is 0 Å². The molecule has 3 N–H and O–H groups in total. The molecule has 0 radical (unpaired) electrons. The summed E-state index contributed by atoms with van der Waals surface area (Å²) in [5.41, 5.74) is 13.8. The second-order valence-corrected chi connectivity index (χ2v) is 11.3. The van der Waals surface area contributed by atoms with Crippen molar-refractivity contribution in [1.82, 2.24) is 34.4 Å². The maximum absolute atomic E-state index is 11.7. The topological polar surface area (TPSA) is 155 Å². The van der Waals surface area contributed by atoms with E-state index in [4.69, 9.17) is 21.0 Å². The molecule has 7 rings (SSSR count). The van der Waals surface area contributed by atoms with Crippen LogP contribution in [0.4, 0.5) is 17.2 Å². The molecule has 0 unspecified atom stereocenters. The molecule has 5 heterocycles. The lowest BCUT2D eigenvalue weighted by atomic mass is 10.1. The SMILES string of the molecule is CC(=O)Nc1cccc(-c2ccc3nc(-c4cccnc4N)n(-c4ccc(CN5CCN(c6cnc(C#N)nc6)CC5)cc4)c3n2)c1. The minimum absolute atomic E-state index is 0.133. The van der Waals surface area contributed by atoms with Gasteiger partial charge in [-0.15, -0.1) is 0 Å². The lowest BCUT2D eigenvalue weighted by Gasteiger charge is -2.35. The summed E-state index contributed by atoms with van der Waals surface area (Å²) in [7, 11) is 0. The Labute approximate surface area is 271 Å². The van der Waals surface area contributed by atoms with Crippen molar-refractivity contribution in [3.8, 4) is 34.4 Å². The van der Waals surface area contributed by atoms with E-state index in [0.717, 1.165) is 60.9 Å². The van der Waals surface area contributed by atoms with Gasteiger partial charge in [0.1, 0.15) is 17.4 Å². The fraction of sp³-hybridized carbons (Fsp3) is 0.171. The fourth-order valence-electron chi connectivity index (χ4n) is 5.82. The summed E-state index contributed by atoms with van der Waals surface area (Å²) >= 11 is 0. The van der Waals surface area contributed by atoms with E-state index < -0.39 is 0 Å². The predicted molar refractivity (Wildman–Crippen MR) is 180 cm³/mol. The Morgan fingerprint density at radius 2 is 1.70 bits per heavy atom. The zero-order valence-electron chi connectivity index (χ0n) is 25.7. The molecule has 12 heteroatoms. The van der Waals surface area contributed by atoms with E-state index in [1.807, 2.05) is 59.2 Å². The van der Waals surface area contributed by atoms with Gasteiger partial charge in [-0.2, -0.15) is 5.26 Å². The molecule has 1 amide bonds. The number of hydrogen-bond acceptors (Lipinski definition) is 10. The molecule has 1 aliphatic heterocycles. The van der Waals surface area contributed by atoms with Crippen molar-refractivity contribution >= 4 is 34.3 Å². The fourth-order valence-corrected chi connectivity index (χ4v) is 5.82. The van der Waals surface area contributed by atoms with Crippen LogP contribution in [-0.2, 0) is 11.3 Å². The van der Waals surface area contributed by atoms with E-state index in [2.05, 4.69) is 54.3 Å². The van der Waals surface area contributed by atoms with Gasteiger partial charge >= 0.3 is 0 Å². The molecule has 4 aromatic heterocycles. The van der Waals surface area contributed by atoms with Gasteiger partial charge in [0, 0.05) is 62.8 Å². The van der Waals surface area contributed by atoms with Crippen LogP contribution in [0, 0.1) is 11.3 Å². The number of nitrogens with zero attached hydrogens (tertiary/aromatic N) is 9. The predicted octanol–water partition coefficient (Wildman–Crippen LogP) is 4.67. The van der Waals surface area contributed by atoms with E-state index in [1.165, 1.54) is 12.5 Å². The smallest absolute Gasteiger partial charge is 0.232 e. The number of carbonyl (C=O) groups is 1. The molecule has 47 heavy (non-hydrogen) atoms. The molecule has 1 fully saturated rings. The molecular weight excluding hydrogens is 590 g/mol. The molecule has 6 aromatic rings. The summed E-state index contributed by atoms with van der Waals surface area (Å²) in [4.78, 5) is 38.9. The van der Waals surface area contributed by atoms with E-state index in [0.29, 0.717) is 28.5 Å². The van der Waals surface area contributed by atoms with Gasteiger partial charge in [-0.05, 0) is 54.1 Å². The molecule has 232 valence electrons. The molecule has 1 saturated heterocycles. The number of nitrogens with one attached hydrogen (secondary N) is 1. The van der Waals surface area contributed by atoms with Gasteiger partial charge in [0.05, 0.1) is 29.3 Å². The maximum Gasteiger partial charge on any atom is 0.232 e. The summed E-state index contributed by atoms with van der Waals surface area (Å²) in [6.07, 6.45) is 5.10. The third-order valence-corrected chi connectivity index (χ3v) is 8.14. The number of fused-ring (bicyclic) bond motifs is 1. The number of imidazole rings is 1. The van der Waals surface area contributed by atoms with Crippen molar-refractivity contribution in [2.45, 2.75) is 13.5 Å². The lowest BCUT2D eigenvalue weighted by Crippen LogP contribution is -2.46. The quantitative estimate of drug-likeness (QED) is 0.257. The number of nitrogen functional groups attached to an aromatic ring is 1. The highest BCUT2D eigenvalue weighted by molar-refractivity contribution is 5.90. The summed E-state index contributed by atoms with van der Waals surface area (Å²) in [5.74, 6) is 1.08. The second kappa shape index (κ2) is 12.7.